The zero-order chi connectivity index (χ0) is 14.6. The van der Waals surface area contributed by atoms with Crippen LogP contribution in [0.5, 0.6) is 5.75 Å². The van der Waals surface area contributed by atoms with Gasteiger partial charge in [0, 0.05) is 12.1 Å². The summed E-state index contributed by atoms with van der Waals surface area (Å²) in [4.78, 5) is 11.7. The first-order valence-corrected chi connectivity index (χ1v) is 6.50. The number of benzene rings is 1. The van der Waals surface area contributed by atoms with E-state index in [1.165, 1.54) is 0 Å². The highest BCUT2D eigenvalue weighted by molar-refractivity contribution is 6.32. The van der Waals surface area contributed by atoms with Gasteiger partial charge >= 0.3 is 6.03 Å². The molecule has 0 aliphatic carbocycles. The Bertz CT molecular complexity index is 467. The van der Waals surface area contributed by atoms with E-state index in [0.29, 0.717) is 17.3 Å². The fraction of sp³-hybridized carbons (Fsp3) is 0.500. The number of hydrogen-bond acceptors (Lipinski definition) is 2. The SMILES string of the molecule is COc1cc(C)c(CNC(=O)NC(C)(C)C)cc1Cl. The molecule has 1 aromatic rings. The summed E-state index contributed by atoms with van der Waals surface area (Å²) in [5, 5.41) is 6.19. The van der Waals surface area contributed by atoms with Crippen LogP contribution in [0.2, 0.25) is 5.02 Å². The van der Waals surface area contributed by atoms with E-state index in [4.69, 9.17) is 16.3 Å². The molecule has 106 valence electrons. The molecular formula is C14H21ClN2O2. The number of urea groups is 1. The van der Waals surface area contributed by atoms with E-state index in [1.54, 1.807) is 7.11 Å². The third-order valence-corrected chi connectivity index (χ3v) is 2.83. The fourth-order valence-corrected chi connectivity index (χ4v) is 1.87. The normalized spacial score (nSPS) is 11.1. The van der Waals surface area contributed by atoms with Crippen molar-refractivity contribution in [3.8, 4) is 5.75 Å². The summed E-state index contributed by atoms with van der Waals surface area (Å²) in [6, 6.07) is 3.48. The summed E-state index contributed by atoms with van der Waals surface area (Å²) in [6.07, 6.45) is 0. The molecule has 0 aromatic heterocycles. The summed E-state index contributed by atoms with van der Waals surface area (Å²) in [7, 11) is 1.58. The van der Waals surface area contributed by atoms with Crippen molar-refractivity contribution < 1.29 is 9.53 Å². The van der Waals surface area contributed by atoms with Gasteiger partial charge in [-0.25, -0.2) is 4.79 Å². The van der Waals surface area contributed by atoms with Crippen LogP contribution in [-0.4, -0.2) is 18.7 Å². The third kappa shape index (κ3) is 4.99. The minimum atomic E-state index is -0.253. The van der Waals surface area contributed by atoms with Crippen LogP contribution in [0.25, 0.3) is 0 Å². The molecule has 1 rings (SSSR count). The topological polar surface area (TPSA) is 50.4 Å². The number of nitrogens with one attached hydrogen (secondary N) is 2. The lowest BCUT2D eigenvalue weighted by Gasteiger charge is -2.21. The molecule has 2 amide bonds. The Morgan fingerprint density at radius 3 is 2.53 bits per heavy atom. The van der Waals surface area contributed by atoms with Crippen LogP contribution in [0.3, 0.4) is 0 Å². The van der Waals surface area contributed by atoms with Crippen LogP contribution in [0.15, 0.2) is 12.1 Å². The van der Waals surface area contributed by atoms with Crippen LogP contribution in [0.1, 0.15) is 31.9 Å². The first-order valence-electron chi connectivity index (χ1n) is 6.12. The van der Waals surface area contributed by atoms with Crippen LogP contribution in [-0.2, 0) is 6.54 Å². The highest BCUT2D eigenvalue weighted by Crippen LogP contribution is 2.27. The van der Waals surface area contributed by atoms with E-state index in [9.17, 15) is 4.79 Å². The molecule has 0 saturated heterocycles. The molecule has 2 N–H and O–H groups in total. The molecule has 19 heavy (non-hydrogen) atoms. The minimum Gasteiger partial charge on any atom is -0.495 e. The van der Waals surface area contributed by atoms with Gasteiger partial charge in [0.2, 0.25) is 0 Å². The summed E-state index contributed by atoms with van der Waals surface area (Å²) >= 11 is 6.07. The lowest BCUT2D eigenvalue weighted by molar-refractivity contribution is 0.231. The quantitative estimate of drug-likeness (QED) is 0.895. The Kier molecular flexibility index (Phi) is 5.06. The van der Waals surface area contributed by atoms with Gasteiger partial charge in [-0.3, -0.25) is 0 Å². The van der Waals surface area contributed by atoms with Gasteiger partial charge in [0.1, 0.15) is 5.75 Å². The Hall–Kier alpha value is -1.42. The molecule has 0 aliphatic heterocycles. The van der Waals surface area contributed by atoms with E-state index in [1.807, 2.05) is 39.8 Å². The molecule has 0 spiro atoms. The number of ether oxygens (including phenoxy) is 1. The zero-order valence-corrected chi connectivity index (χ0v) is 12.8. The second kappa shape index (κ2) is 6.15. The predicted octanol–water partition coefficient (Wildman–Crippen LogP) is 3.25. The van der Waals surface area contributed by atoms with Gasteiger partial charge < -0.3 is 15.4 Å². The Morgan fingerprint density at radius 1 is 1.37 bits per heavy atom. The van der Waals surface area contributed by atoms with Gasteiger partial charge in [0.15, 0.2) is 0 Å². The van der Waals surface area contributed by atoms with Crippen molar-refractivity contribution in [2.45, 2.75) is 39.8 Å². The van der Waals surface area contributed by atoms with Crippen molar-refractivity contribution in [3.63, 3.8) is 0 Å². The smallest absolute Gasteiger partial charge is 0.315 e. The monoisotopic (exact) mass is 284 g/mol. The predicted molar refractivity (Wildman–Crippen MR) is 77.9 cm³/mol. The van der Waals surface area contributed by atoms with Crippen molar-refractivity contribution >= 4 is 17.6 Å². The highest BCUT2D eigenvalue weighted by Gasteiger charge is 2.13. The Balaban J connectivity index is 2.68. The zero-order valence-electron chi connectivity index (χ0n) is 12.1. The minimum absolute atomic E-state index is 0.196. The number of rotatable bonds is 3. The average Bonchev–Trinajstić information content (AvgIpc) is 2.27. The van der Waals surface area contributed by atoms with Crippen molar-refractivity contribution in [1.29, 1.82) is 0 Å². The molecule has 0 radical (unpaired) electrons. The van der Waals surface area contributed by atoms with E-state index >= 15 is 0 Å². The number of carbonyl (C=O) groups excluding carboxylic acids is 1. The molecule has 0 bridgehead atoms. The van der Waals surface area contributed by atoms with E-state index in [-0.39, 0.29) is 11.6 Å². The molecule has 0 aliphatic rings. The lowest BCUT2D eigenvalue weighted by Crippen LogP contribution is -2.46. The molecule has 5 heteroatoms. The molecule has 0 unspecified atom stereocenters. The van der Waals surface area contributed by atoms with E-state index in [0.717, 1.165) is 11.1 Å². The van der Waals surface area contributed by atoms with Crippen molar-refractivity contribution in [2.75, 3.05) is 7.11 Å². The van der Waals surface area contributed by atoms with Gasteiger partial charge in [-0.1, -0.05) is 11.6 Å². The van der Waals surface area contributed by atoms with Gasteiger partial charge in [0.05, 0.1) is 12.1 Å². The molecule has 0 saturated carbocycles. The van der Waals surface area contributed by atoms with Crippen molar-refractivity contribution in [3.05, 3.63) is 28.3 Å². The van der Waals surface area contributed by atoms with E-state index in [2.05, 4.69) is 10.6 Å². The maximum atomic E-state index is 11.7. The van der Waals surface area contributed by atoms with Crippen molar-refractivity contribution in [1.82, 2.24) is 10.6 Å². The molecule has 0 atom stereocenters. The second-order valence-corrected chi connectivity index (χ2v) is 5.88. The largest absolute Gasteiger partial charge is 0.495 e. The van der Waals surface area contributed by atoms with Gasteiger partial charge in [-0.05, 0) is 51.0 Å². The number of halogens is 1. The summed E-state index contributed by atoms with van der Waals surface area (Å²) in [6.45, 7) is 8.18. The molecule has 4 nitrogen and oxygen atoms in total. The van der Waals surface area contributed by atoms with Crippen LogP contribution in [0.4, 0.5) is 4.79 Å². The standard InChI is InChI=1S/C14H21ClN2O2/c1-9-6-12(19-5)11(15)7-10(9)8-16-13(18)17-14(2,3)4/h6-7H,8H2,1-5H3,(H2,16,17,18). The molecule has 0 heterocycles. The van der Waals surface area contributed by atoms with Crippen LogP contribution in [0, 0.1) is 6.92 Å². The number of carbonyl (C=O) groups is 1. The molecule has 1 aromatic carbocycles. The first-order chi connectivity index (χ1) is 8.73. The Labute approximate surface area is 119 Å². The number of methoxy groups -OCH3 is 1. The van der Waals surface area contributed by atoms with Crippen LogP contribution >= 0.6 is 11.6 Å². The summed E-state index contributed by atoms with van der Waals surface area (Å²) in [5.41, 5.74) is 1.74. The van der Waals surface area contributed by atoms with Crippen LogP contribution < -0.4 is 15.4 Å². The summed E-state index contributed by atoms with van der Waals surface area (Å²) in [5.74, 6) is 0.641. The fourth-order valence-electron chi connectivity index (χ4n) is 1.60. The average molecular weight is 285 g/mol. The maximum absolute atomic E-state index is 11.7. The number of aryl methyl sites for hydroxylation is 1. The second-order valence-electron chi connectivity index (χ2n) is 5.47. The van der Waals surface area contributed by atoms with Crippen molar-refractivity contribution in [2.24, 2.45) is 0 Å². The third-order valence-electron chi connectivity index (χ3n) is 2.54. The highest BCUT2D eigenvalue weighted by atomic mass is 35.5. The van der Waals surface area contributed by atoms with Gasteiger partial charge in [-0.2, -0.15) is 0 Å². The van der Waals surface area contributed by atoms with Gasteiger partial charge in [0.25, 0.3) is 0 Å². The lowest BCUT2D eigenvalue weighted by atomic mass is 10.1. The Morgan fingerprint density at radius 2 is 2.00 bits per heavy atom. The maximum Gasteiger partial charge on any atom is 0.315 e. The summed E-state index contributed by atoms with van der Waals surface area (Å²) < 4.78 is 5.14. The molecular weight excluding hydrogens is 264 g/mol. The van der Waals surface area contributed by atoms with Gasteiger partial charge in [-0.15, -0.1) is 0 Å². The van der Waals surface area contributed by atoms with E-state index < -0.39 is 0 Å². The first kappa shape index (κ1) is 15.6. The molecule has 0 fully saturated rings. The number of amides is 2. The number of hydrogen-bond donors (Lipinski definition) is 2.